The van der Waals surface area contributed by atoms with Crippen molar-refractivity contribution in [2.45, 2.75) is 38.3 Å². The highest BCUT2D eigenvalue weighted by molar-refractivity contribution is 5.97. The zero-order valence-electron chi connectivity index (χ0n) is 18.1. The Morgan fingerprint density at radius 3 is 1.97 bits per heavy atom. The molecule has 5 rings (SSSR count). The number of nitrogen functional groups attached to an aromatic ring is 2. The fourth-order valence-electron chi connectivity index (χ4n) is 4.99. The summed E-state index contributed by atoms with van der Waals surface area (Å²) in [7, 11) is 0. The Bertz CT molecular complexity index is 1390. The summed E-state index contributed by atoms with van der Waals surface area (Å²) in [6, 6.07) is 10.7. The molecule has 1 fully saturated rings. The zero-order valence-corrected chi connectivity index (χ0v) is 18.1. The van der Waals surface area contributed by atoms with Gasteiger partial charge in [0.2, 0.25) is 23.7 Å². The molecule has 1 aliphatic rings. The van der Waals surface area contributed by atoms with E-state index >= 15 is 0 Å². The second-order valence-corrected chi connectivity index (χ2v) is 8.73. The summed E-state index contributed by atoms with van der Waals surface area (Å²) < 4.78 is 4.08. The summed E-state index contributed by atoms with van der Waals surface area (Å²) in [4.78, 5) is 31.8. The minimum Gasteiger partial charge on any atom is -0.369 e. The Morgan fingerprint density at radius 1 is 0.818 bits per heavy atom. The Kier molecular flexibility index (Phi) is 4.92. The van der Waals surface area contributed by atoms with Crippen LogP contribution in [-0.4, -0.2) is 30.9 Å². The first-order valence-corrected chi connectivity index (χ1v) is 10.9. The average molecular weight is 447 g/mol. The maximum atomic E-state index is 11.5. The highest BCUT2D eigenvalue weighted by Crippen LogP contribution is 2.37. The molecule has 2 amide bonds. The van der Waals surface area contributed by atoms with Gasteiger partial charge in [-0.25, -0.2) is 9.97 Å². The number of fused-ring (bicyclic) bond motifs is 2. The number of carbonyl (C=O) groups excluding carboxylic acids is 2. The van der Waals surface area contributed by atoms with Crippen molar-refractivity contribution in [1.29, 1.82) is 0 Å². The molecular weight excluding hydrogens is 420 g/mol. The monoisotopic (exact) mass is 446 g/mol. The average Bonchev–Trinajstić information content (AvgIpc) is 3.28. The third-order valence-corrected chi connectivity index (χ3v) is 6.69. The fraction of sp³-hybridized carbons (Fsp3) is 0.304. The Labute approximate surface area is 189 Å². The van der Waals surface area contributed by atoms with Crippen LogP contribution in [0, 0.1) is 5.92 Å². The van der Waals surface area contributed by atoms with Crippen LogP contribution in [0.2, 0.25) is 0 Å². The van der Waals surface area contributed by atoms with E-state index in [2.05, 4.69) is 14.5 Å². The first-order valence-electron chi connectivity index (χ1n) is 10.9. The molecule has 8 N–H and O–H groups in total. The van der Waals surface area contributed by atoms with E-state index in [1.165, 1.54) is 0 Å². The van der Waals surface area contributed by atoms with Crippen LogP contribution in [0.5, 0.6) is 0 Å². The number of imidazole rings is 2. The summed E-state index contributed by atoms with van der Waals surface area (Å²) >= 11 is 0. The van der Waals surface area contributed by atoms with Gasteiger partial charge < -0.3 is 32.1 Å². The summed E-state index contributed by atoms with van der Waals surface area (Å²) in [5, 5.41) is 0. The Morgan fingerprint density at radius 2 is 1.36 bits per heavy atom. The highest BCUT2D eigenvalue weighted by Gasteiger charge is 2.26. The number of aromatic nitrogens is 4. The van der Waals surface area contributed by atoms with Gasteiger partial charge in [-0.2, -0.15) is 0 Å². The Hall–Kier alpha value is -4.08. The van der Waals surface area contributed by atoms with Gasteiger partial charge in [-0.3, -0.25) is 9.59 Å². The lowest BCUT2D eigenvalue weighted by Crippen LogP contribution is -2.22. The number of carbonyl (C=O) groups is 2. The molecule has 170 valence electrons. The van der Waals surface area contributed by atoms with Crippen LogP contribution < -0.4 is 22.9 Å². The number of anilines is 2. The molecule has 2 heterocycles. The smallest absolute Gasteiger partial charge is 0.248 e. The zero-order chi connectivity index (χ0) is 23.3. The molecule has 0 atom stereocenters. The number of rotatable bonds is 5. The number of primary amides is 2. The summed E-state index contributed by atoms with van der Waals surface area (Å²) in [5.74, 6) is 0.353. The molecule has 10 heteroatoms. The van der Waals surface area contributed by atoms with Crippen molar-refractivity contribution < 1.29 is 9.59 Å². The minimum atomic E-state index is -0.486. The summed E-state index contributed by atoms with van der Waals surface area (Å²) in [6.45, 7) is 0.757. The van der Waals surface area contributed by atoms with Gasteiger partial charge in [0.05, 0.1) is 22.1 Å². The quantitative estimate of drug-likeness (QED) is 0.365. The number of nitrogens with zero attached hydrogens (tertiary/aromatic N) is 4. The minimum absolute atomic E-state index is 0.237. The Balaban J connectivity index is 1.33. The van der Waals surface area contributed by atoms with E-state index in [1.54, 1.807) is 24.3 Å². The predicted octanol–water partition coefficient (Wildman–Crippen LogP) is 2.18. The topological polar surface area (TPSA) is 174 Å². The number of nitrogens with two attached hydrogens (primary N) is 4. The molecule has 4 aromatic rings. The van der Waals surface area contributed by atoms with Gasteiger partial charge in [0, 0.05) is 23.7 Å². The van der Waals surface area contributed by atoms with Crippen LogP contribution in [0.3, 0.4) is 0 Å². The maximum Gasteiger partial charge on any atom is 0.248 e. The summed E-state index contributed by atoms with van der Waals surface area (Å²) in [6.07, 6.45) is 3.91. The molecular formula is C23H26N8O2. The van der Waals surface area contributed by atoms with Crippen LogP contribution in [-0.2, 0) is 6.54 Å². The number of hydrogen-bond acceptors (Lipinski definition) is 6. The first kappa shape index (κ1) is 20.8. The van der Waals surface area contributed by atoms with Crippen LogP contribution in [0.4, 0.5) is 11.9 Å². The number of hydrogen-bond donors (Lipinski definition) is 4. The van der Waals surface area contributed by atoms with E-state index < -0.39 is 11.8 Å². The van der Waals surface area contributed by atoms with Gasteiger partial charge in [0.25, 0.3) is 0 Å². The lowest BCUT2D eigenvalue weighted by Gasteiger charge is -2.30. The standard InChI is InChI=1S/C23H26N8O2/c24-20(32)13-3-7-18-16(9-13)28-22(26)30(18)11-12-1-5-15(6-2-12)31-19-8-4-14(21(25)33)10-17(19)29-23(31)27/h3-4,7-10,12,15H,1-2,5-6,11H2,(H2,24,32)(H2,25,33)(H2,26,28)(H2,27,29)/t12-,15-. The molecule has 1 aliphatic carbocycles. The van der Waals surface area contributed by atoms with Crippen molar-refractivity contribution in [1.82, 2.24) is 19.1 Å². The SMILES string of the molecule is NC(=O)c1ccc2c(c1)nc(N)n2C[C@H]1CC[C@H](n2c(N)nc3cc(C(N)=O)ccc32)CC1. The van der Waals surface area contributed by atoms with Gasteiger partial charge >= 0.3 is 0 Å². The van der Waals surface area contributed by atoms with Crippen molar-refractivity contribution in [2.75, 3.05) is 11.5 Å². The number of benzene rings is 2. The lowest BCUT2D eigenvalue weighted by atomic mass is 9.85. The molecule has 0 aliphatic heterocycles. The van der Waals surface area contributed by atoms with E-state index in [4.69, 9.17) is 22.9 Å². The van der Waals surface area contributed by atoms with Gasteiger partial charge in [-0.1, -0.05) is 0 Å². The molecule has 0 spiro atoms. The highest BCUT2D eigenvalue weighted by atomic mass is 16.1. The lowest BCUT2D eigenvalue weighted by molar-refractivity contribution is 0.0992. The molecule has 0 unspecified atom stereocenters. The van der Waals surface area contributed by atoms with Gasteiger partial charge in [0.1, 0.15) is 0 Å². The van der Waals surface area contributed by atoms with E-state index in [9.17, 15) is 9.59 Å². The van der Waals surface area contributed by atoms with Crippen molar-refractivity contribution in [2.24, 2.45) is 17.4 Å². The van der Waals surface area contributed by atoms with E-state index in [0.717, 1.165) is 43.3 Å². The van der Waals surface area contributed by atoms with Crippen LogP contribution >= 0.6 is 0 Å². The predicted molar refractivity (Wildman–Crippen MR) is 126 cm³/mol. The molecule has 0 bridgehead atoms. The van der Waals surface area contributed by atoms with E-state index in [1.807, 2.05) is 16.7 Å². The van der Waals surface area contributed by atoms with Crippen molar-refractivity contribution in [3.8, 4) is 0 Å². The first-order chi connectivity index (χ1) is 15.8. The van der Waals surface area contributed by atoms with Crippen molar-refractivity contribution >= 4 is 45.8 Å². The molecule has 0 radical (unpaired) electrons. The van der Waals surface area contributed by atoms with E-state index in [-0.39, 0.29) is 6.04 Å². The van der Waals surface area contributed by atoms with Gasteiger partial charge in [0.15, 0.2) is 0 Å². The molecule has 1 saturated carbocycles. The molecule has 2 aromatic carbocycles. The fourth-order valence-corrected chi connectivity index (χ4v) is 4.99. The van der Waals surface area contributed by atoms with Gasteiger partial charge in [-0.05, 0) is 68.0 Å². The molecule has 10 nitrogen and oxygen atoms in total. The third-order valence-electron chi connectivity index (χ3n) is 6.69. The molecule has 0 saturated heterocycles. The van der Waals surface area contributed by atoms with Crippen molar-refractivity contribution in [3.63, 3.8) is 0 Å². The van der Waals surface area contributed by atoms with Crippen LogP contribution in [0.25, 0.3) is 22.1 Å². The summed E-state index contributed by atoms with van der Waals surface area (Å²) in [5.41, 5.74) is 27.2. The number of amides is 2. The van der Waals surface area contributed by atoms with Crippen LogP contribution in [0.15, 0.2) is 36.4 Å². The largest absolute Gasteiger partial charge is 0.369 e. The molecule has 2 aromatic heterocycles. The second kappa shape index (κ2) is 7.80. The molecule has 33 heavy (non-hydrogen) atoms. The van der Waals surface area contributed by atoms with Crippen LogP contribution in [0.1, 0.15) is 52.4 Å². The van der Waals surface area contributed by atoms with E-state index in [0.29, 0.717) is 40.0 Å². The maximum absolute atomic E-state index is 11.5. The second-order valence-electron chi connectivity index (χ2n) is 8.73. The normalized spacial score (nSPS) is 18.7. The van der Waals surface area contributed by atoms with Gasteiger partial charge in [-0.15, -0.1) is 0 Å². The van der Waals surface area contributed by atoms with Crippen molar-refractivity contribution in [3.05, 3.63) is 47.5 Å². The third kappa shape index (κ3) is 3.63.